The molecule has 0 amide bonds. The summed E-state index contributed by atoms with van der Waals surface area (Å²) in [4.78, 5) is 19.3. The van der Waals surface area contributed by atoms with Crippen LogP contribution in [-0.2, 0) is 6.54 Å². The lowest BCUT2D eigenvalue weighted by Crippen LogP contribution is -2.01. The summed E-state index contributed by atoms with van der Waals surface area (Å²) in [5.74, 6) is 0.576. The second-order valence-corrected chi connectivity index (χ2v) is 5.65. The van der Waals surface area contributed by atoms with Gasteiger partial charge in [0.05, 0.1) is 20.9 Å². The van der Waals surface area contributed by atoms with Crippen LogP contribution in [0.15, 0.2) is 22.9 Å². The van der Waals surface area contributed by atoms with Gasteiger partial charge < -0.3 is 5.32 Å². The SMILES string of the molecule is Cc1ncc(CNc2ncc([N+](=O)[O-])cc2Br)s1. The van der Waals surface area contributed by atoms with Gasteiger partial charge in [-0.2, -0.15) is 0 Å². The van der Waals surface area contributed by atoms with Crippen molar-refractivity contribution >= 4 is 38.8 Å². The molecule has 2 heterocycles. The standard InChI is InChI=1S/C10H9BrN4O2S/c1-6-12-4-8(18-6)5-14-10-9(11)2-7(3-13-10)15(16)17/h2-4H,5H2,1H3,(H,13,14). The van der Waals surface area contributed by atoms with E-state index < -0.39 is 4.92 Å². The molecule has 2 rings (SSSR count). The van der Waals surface area contributed by atoms with Gasteiger partial charge in [-0.25, -0.2) is 9.97 Å². The maximum absolute atomic E-state index is 10.6. The Balaban J connectivity index is 2.08. The van der Waals surface area contributed by atoms with E-state index in [1.165, 1.54) is 12.3 Å². The Bertz CT molecular complexity index is 587. The molecule has 8 heteroatoms. The second-order valence-electron chi connectivity index (χ2n) is 3.48. The topological polar surface area (TPSA) is 81.0 Å². The zero-order valence-corrected chi connectivity index (χ0v) is 11.8. The van der Waals surface area contributed by atoms with E-state index in [-0.39, 0.29) is 5.69 Å². The van der Waals surface area contributed by atoms with E-state index >= 15 is 0 Å². The molecule has 2 aromatic heterocycles. The summed E-state index contributed by atoms with van der Waals surface area (Å²) in [6.45, 7) is 2.53. The van der Waals surface area contributed by atoms with Crippen LogP contribution in [0.25, 0.3) is 0 Å². The first-order valence-electron chi connectivity index (χ1n) is 5.01. The maximum atomic E-state index is 10.6. The summed E-state index contributed by atoms with van der Waals surface area (Å²) in [5.41, 5.74) is -0.0407. The molecule has 0 saturated carbocycles. The first-order valence-corrected chi connectivity index (χ1v) is 6.62. The van der Waals surface area contributed by atoms with Crippen LogP contribution in [-0.4, -0.2) is 14.9 Å². The highest BCUT2D eigenvalue weighted by atomic mass is 79.9. The molecule has 0 bridgehead atoms. The molecular formula is C10H9BrN4O2S. The number of halogens is 1. The number of nitrogens with zero attached hydrogens (tertiary/aromatic N) is 3. The van der Waals surface area contributed by atoms with E-state index in [1.54, 1.807) is 17.5 Å². The van der Waals surface area contributed by atoms with E-state index in [0.717, 1.165) is 9.88 Å². The number of anilines is 1. The zero-order chi connectivity index (χ0) is 13.1. The predicted octanol–water partition coefficient (Wildman–Crippen LogP) is 3.13. The second kappa shape index (κ2) is 5.40. The molecule has 0 atom stereocenters. The van der Waals surface area contributed by atoms with Gasteiger partial charge in [0, 0.05) is 17.1 Å². The Labute approximate surface area is 115 Å². The largest absolute Gasteiger partial charge is 0.364 e. The number of nitro groups is 1. The molecule has 0 spiro atoms. The molecule has 0 radical (unpaired) electrons. The summed E-state index contributed by atoms with van der Waals surface area (Å²) in [6, 6.07) is 1.42. The van der Waals surface area contributed by atoms with Crippen LogP contribution in [0.3, 0.4) is 0 Å². The van der Waals surface area contributed by atoms with Crippen LogP contribution in [0.2, 0.25) is 0 Å². The van der Waals surface area contributed by atoms with E-state index in [4.69, 9.17) is 0 Å². The molecule has 6 nitrogen and oxygen atoms in total. The number of nitrogens with one attached hydrogen (secondary N) is 1. The molecule has 0 aliphatic carbocycles. The highest BCUT2D eigenvalue weighted by molar-refractivity contribution is 9.10. The molecule has 0 saturated heterocycles. The van der Waals surface area contributed by atoms with Gasteiger partial charge in [-0.15, -0.1) is 11.3 Å². The van der Waals surface area contributed by atoms with Crippen molar-refractivity contribution in [2.24, 2.45) is 0 Å². The van der Waals surface area contributed by atoms with E-state index in [9.17, 15) is 10.1 Å². The van der Waals surface area contributed by atoms with Crippen molar-refractivity contribution in [3.8, 4) is 0 Å². The molecule has 1 N–H and O–H groups in total. The number of pyridine rings is 1. The Morgan fingerprint density at radius 3 is 2.83 bits per heavy atom. The number of rotatable bonds is 4. The van der Waals surface area contributed by atoms with Crippen LogP contribution < -0.4 is 5.32 Å². The van der Waals surface area contributed by atoms with Gasteiger partial charge in [-0.1, -0.05) is 0 Å². The molecule has 0 fully saturated rings. The summed E-state index contributed by atoms with van der Waals surface area (Å²) in [6.07, 6.45) is 3.03. The summed E-state index contributed by atoms with van der Waals surface area (Å²) >= 11 is 4.85. The summed E-state index contributed by atoms with van der Waals surface area (Å²) in [7, 11) is 0. The summed E-state index contributed by atoms with van der Waals surface area (Å²) in [5, 5.41) is 14.7. The molecular weight excluding hydrogens is 320 g/mol. The third-order valence-corrected chi connectivity index (χ3v) is 3.65. The lowest BCUT2D eigenvalue weighted by atomic mass is 10.4. The highest BCUT2D eigenvalue weighted by Crippen LogP contribution is 2.25. The maximum Gasteiger partial charge on any atom is 0.288 e. The Kier molecular flexibility index (Phi) is 3.87. The van der Waals surface area contributed by atoms with Gasteiger partial charge in [-0.3, -0.25) is 10.1 Å². The minimum atomic E-state index is -0.478. The van der Waals surface area contributed by atoms with Crippen molar-refractivity contribution in [1.82, 2.24) is 9.97 Å². The molecule has 18 heavy (non-hydrogen) atoms. The number of thiazole rings is 1. The van der Waals surface area contributed by atoms with Gasteiger partial charge in [-0.05, 0) is 22.9 Å². The van der Waals surface area contributed by atoms with Gasteiger partial charge in [0.25, 0.3) is 5.69 Å². The van der Waals surface area contributed by atoms with Gasteiger partial charge in [0.15, 0.2) is 0 Å². The fourth-order valence-corrected chi connectivity index (χ4v) is 2.53. The van der Waals surface area contributed by atoms with Gasteiger partial charge in [0.1, 0.15) is 12.0 Å². The van der Waals surface area contributed by atoms with Gasteiger partial charge >= 0.3 is 0 Å². The molecule has 0 aromatic carbocycles. The smallest absolute Gasteiger partial charge is 0.288 e. The van der Waals surface area contributed by atoms with Crippen molar-refractivity contribution in [1.29, 1.82) is 0 Å². The Morgan fingerprint density at radius 1 is 1.50 bits per heavy atom. The molecule has 0 aliphatic heterocycles. The summed E-state index contributed by atoms with van der Waals surface area (Å²) < 4.78 is 0.568. The lowest BCUT2D eigenvalue weighted by Gasteiger charge is -2.05. The fourth-order valence-electron chi connectivity index (χ4n) is 1.32. The number of hydrogen-bond acceptors (Lipinski definition) is 6. The average Bonchev–Trinajstić information content (AvgIpc) is 2.73. The average molecular weight is 329 g/mol. The quantitative estimate of drug-likeness (QED) is 0.688. The van der Waals surface area contributed by atoms with E-state index in [0.29, 0.717) is 16.8 Å². The highest BCUT2D eigenvalue weighted by Gasteiger charge is 2.10. The van der Waals surface area contributed by atoms with Crippen LogP contribution in [0.5, 0.6) is 0 Å². The number of aromatic nitrogens is 2. The van der Waals surface area contributed by atoms with Crippen LogP contribution in [0.1, 0.15) is 9.88 Å². The van der Waals surface area contributed by atoms with Crippen molar-refractivity contribution < 1.29 is 4.92 Å². The lowest BCUT2D eigenvalue weighted by molar-refractivity contribution is -0.385. The molecule has 0 unspecified atom stereocenters. The first-order chi connectivity index (χ1) is 8.56. The van der Waals surface area contributed by atoms with E-state index in [2.05, 4.69) is 31.2 Å². The van der Waals surface area contributed by atoms with Crippen molar-refractivity contribution in [2.75, 3.05) is 5.32 Å². The van der Waals surface area contributed by atoms with E-state index in [1.807, 2.05) is 6.92 Å². The van der Waals surface area contributed by atoms with Crippen molar-refractivity contribution in [2.45, 2.75) is 13.5 Å². The van der Waals surface area contributed by atoms with Crippen LogP contribution in [0, 0.1) is 17.0 Å². The molecule has 0 aliphatic rings. The Hall–Kier alpha value is -1.54. The minimum absolute atomic E-state index is 0.0407. The third-order valence-electron chi connectivity index (χ3n) is 2.14. The van der Waals surface area contributed by atoms with Crippen LogP contribution >= 0.6 is 27.3 Å². The van der Waals surface area contributed by atoms with Crippen molar-refractivity contribution in [3.63, 3.8) is 0 Å². The Morgan fingerprint density at radius 2 is 2.28 bits per heavy atom. The number of aryl methyl sites for hydroxylation is 1. The predicted molar refractivity (Wildman–Crippen MR) is 72.8 cm³/mol. The fraction of sp³-hybridized carbons (Fsp3) is 0.200. The minimum Gasteiger partial charge on any atom is -0.364 e. The third kappa shape index (κ3) is 3.02. The molecule has 94 valence electrons. The normalized spacial score (nSPS) is 10.3. The first kappa shape index (κ1) is 12.9. The zero-order valence-electron chi connectivity index (χ0n) is 9.38. The van der Waals surface area contributed by atoms with Crippen molar-refractivity contribution in [3.05, 3.63) is 42.9 Å². The monoisotopic (exact) mass is 328 g/mol. The van der Waals surface area contributed by atoms with Crippen LogP contribution in [0.4, 0.5) is 11.5 Å². The number of hydrogen-bond donors (Lipinski definition) is 1. The van der Waals surface area contributed by atoms with Gasteiger partial charge in [0.2, 0.25) is 0 Å². The molecule has 2 aromatic rings.